The molecule has 0 aliphatic carbocycles. The SMILES string of the molecule is CCC1c2ccccc2C(c2cnn(C)c2)CN1C(=O)c1cc(-c2ccccc2)on1. The van der Waals surface area contributed by atoms with E-state index in [1.165, 1.54) is 11.1 Å². The number of carbonyl (C=O) groups excluding carboxylic acids is 1. The molecule has 0 saturated heterocycles. The average Bonchev–Trinajstić information content (AvgIpc) is 3.47. The summed E-state index contributed by atoms with van der Waals surface area (Å²) in [6, 6.07) is 19.8. The van der Waals surface area contributed by atoms with E-state index in [2.05, 4.69) is 35.4 Å². The van der Waals surface area contributed by atoms with Crippen molar-refractivity contribution < 1.29 is 9.32 Å². The van der Waals surface area contributed by atoms with Crippen LogP contribution in [-0.2, 0) is 7.05 Å². The number of hydrogen-bond acceptors (Lipinski definition) is 4. The molecule has 1 aliphatic rings. The first-order chi connectivity index (χ1) is 15.2. The summed E-state index contributed by atoms with van der Waals surface area (Å²) in [5, 5.41) is 8.47. The van der Waals surface area contributed by atoms with Crippen molar-refractivity contribution in [3.05, 3.63) is 95.4 Å². The second-order valence-electron chi connectivity index (χ2n) is 7.95. The highest BCUT2D eigenvalue weighted by atomic mass is 16.5. The Morgan fingerprint density at radius 3 is 2.55 bits per heavy atom. The summed E-state index contributed by atoms with van der Waals surface area (Å²) in [5.74, 6) is 0.552. The largest absolute Gasteiger partial charge is 0.355 e. The van der Waals surface area contributed by atoms with Crippen LogP contribution in [0.1, 0.15) is 52.5 Å². The summed E-state index contributed by atoms with van der Waals surface area (Å²) >= 11 is 0. The second kappa shape index (κ2) is 7.87. The molecule has 6 nitrogen and oxygen atoms in total. The van der Waals surface area contributed by atoms with Crippen LogP contribution in [0.2, 0.25) is 0 Å². The number of amides is 1. The van der Waals surface area contributed by atoms with E-state index in [4.69, 9.17) is 4.52 Å². The van der Waals surface area contributed by atoms with Gasteiger partial charge in [0, 0.05) is 37.3 Å². The molecule has 6 heteroatoms. The van der Waals surface area contributed by atoms with Gasteiger partial charge in [0.2, 0.25) is 0 Å². The minimum Gasteiger partial charge on any atom is -0.355 e. The van der Waals surface area contributed by atoms with E-state index in [1.807, 2.05) is 60.7 Å². The minimum atomic E-state index is -0.110. The number of rotatable bonds is 4. The van der Waals surface area contributed by atoms with Gasteiger partial charge in [0.25, 0.3) is 5.91 Å². The van der Waals surface area contributed by atoms with E-state index in [0.717, 1.165) is 17.5 Å². The van der Waals surface area contributed by atoms with Crippen LogP contribution in [0.3, 0.4) is 0 Å². The highest BCUT2D eigenvalue weighted by Crippen LogP contribution is 2.41. The Labute approximate surface area is 181 Å². The number of hydrogen-bond donors (Lipinski definition) is 0. The number of fused-ring (bicyclic) bond motifs is 1. The van der Waals surface area contributed by atoms with Gasteiger partial charge in [0.1, 0.15) is 0 Å². The third kappa shape index (κ3) is 3.44. The van der Waals surface area contributed by atoms with Crippen molar-refractivity contribution in [2.45, 2.75) is 25.3 Å². The molecule has 2 unspecified atom stereocenters. The van der Waals surface area contributed by atoms with Crippen LogP contribution in [0, 0.1) is 0 Å². The zero-order valence-corrected chi connectivity index (χ0v) is 17.6. The van der Waals surface area contributed by atoms with Gasteiger partial charge in [-0.25, -0.2) is 0 Å². The summed E-state index contributed by atoms with van der Waals surface area (Å²) in [6.07, 6.45) is 4.74. The van der Waals surface area contributed by atoms with Gasteiger partial charge in [-0.3, -0.25) is 9.48 Å². The van der Waals surface area contributed by atoms with Crippen LogP contribution in [0.15, 0.2) is 77.6 Å². The lowest BCUT2D eigenvalue weighted by Gasteiger charge is -2.40. The molecule has 0 radical (unpaired) electrons. The minimum absolute atomic E-state index is 0.00602. The van der Waals surface area contributed by atoms with Crippen molar-refractivity contribution in [3.63, 3.8) is 0 Å². The molecule has 3 heterocycles. The highest BCUT2D eigenvalue weighted by Gasteiger charge is 2.37. The van der Waals surface area contributed by atoms with E-state index >= 15 is 0 Å². The number of aromatic nitrogens is 3. The molecule has 156 valence electrons. The van der Waals surface area contributed by atoms with Crippen molar-refractivity contribution in [1.29, 1.82) is 0 Å². The Kier molecular flexibility index (Phi) is 4.90. The number of benzene rings is 2. The maximum atomic E-state index is 13.6. The van der Waals surface area contributed by atoms with Crippen LogP contribution >= 0.6 is 0 Å². The van der Waals surface area contributed by atoms with E-state index in [1.54, 1.807) is 10.7 Å². The van der Waals surface area contributed by atoms with Crippen LogP contribution in [0.25, 0.3) is 11.3 Å². The third-order valence-electron chi connectivity index (χ3n) is 6.05. The zero-order chi connectivity index (χ0) is 21.4. The summed E-state index contributed by atoms with van der Waals surface area (Å²) in [6.45, 7) is 2.69. The quantitative estimate of drug-likeness (QED) is 0.482. The molecule has 0 saturated carbocycles. The summed E-state index contributed by atoms with van der Waals surface area (Å²) in [4.78, 5) is 15.5. The summed E-state index contributed by atoms with van der Waals surface area (Å²) in [5.41, 5.74) is 4.79. The predicted molar refractivity (Wildman–Crippen MR) is 118 cm³/mol. The molecule has 0 bridgehead atoms. The number of aryl methyl sites for hydroxylation is 1. The number of carbonyl (C=O) groups is 1. The van der Waals surface area contributed by atoms with Gasteiger partial charge in [-0.15, -0.1) is 0 Å². The molecule has 31 heavy (non-hydrogen) atoms. The van der Waals surface area contributed by atoms with E-state index < -0.39 is 0 Å². The summed E-state index contributed by atoms with van der Waals surface area (Å²) in [7, 11) is 1.91. The smallest absolute Gasteiger partial charge is 0.276 e. The molecular formula is C25H24N4O2. The van der Waals surface area contributed by atoms with Gasteiger partial charge in [-0.05, 0) is 23.1 Å². The first kappa shape index (κ1) is 19.3. The lowest BCUT2D eigenvalue weighted by Crippen LogP contribution is -2.42. The Hall–Kier alpha value is -3.67. The van der Waals surface area contributed by atoms with Crippen LogP contribution in [-0.4, -0.2) is 32.3 Å². The van der Waals surface area contributed by atoms with Crippen molar-refractivity contribution in [3.8, 4) is 11.3 Å². The van der Waals surface area contributed by atoms with E-state index in [-0.39, 0.29) is 17.9 Å². The molecule has 0 spiro atoms. The standard InChI is InChI=1S/C25H24N4O2/c1-3-23-20-12-8-7-11-19(20)21(18-14-26-28(2)15-18)16-29(23)25(30)22-13-24(31-27-22)17-9-5-4-6-10-17/h4-15,21,23H,3,16H2,1-2H3. The average molecular weight is 412 g/mol. The molecule has 1 aliphatic heterocycles. The fourth-order valence-electron chi connectivity index (χ4n) is 4.55. The first-order valence-corrected chi connectivity index (χ1v) is 10.6. The van der Waals surface area contributed by atoms with Gasteiger partial charge in [-0.2, -0.15) is 5.10 Å². The second-order valence-corrected chi connectivity index (χ2v) is 7.95. The van der Waals surface area contributed by atoms with Crippen molar-refractivity contribution in [2.75, 3.05) is 6.54 Å². The van der Waals surface area contributed by atoms with Gasteiger partial charge < -0.3 is 9.42 Å². The fourth-order valence-corrected chi connectivity index (χ4v) is 4.55. The molecule has 0 fully saturated rings. The topological polar surface area (TPSA) is 64.2 Å². The van der Waals surface area contributed by atoms with Gasteiger partial charge >= 0.3 is 0 Å². The fraction of sp³-hybridized carbons (Fsp3) is 0.240. The maximum absolute atomic E-state index is 13.6. The van der Waals surface area contributed by atoms with E-state index in [0.29, 0.717) is 18.0 Å². The molecule has 5 rings (SSSR count). The Morgan fingerprint density at radius 2 is 1.84 bits per heavy atom. The normalized spacial score (nSPS) is 18.1. The van der Waals surface area contributed by atoms with Crippen molar-refractivity contribution in [1.82, 2.24) is 19.8 Å². The molecule has 2 atom stereocenters. The zero-order valence-electron chi connectivity index (χ0n) is 17.6. The molecule has 0 N–H and O–H groups in total. The molecule has 2 aromatic heterocycles. The predicted octanol–water partition coefficient (Wildman–Crippen LogP) is 4.81. The van der Waals surface area contributed by atoms with Crippen molar-refractivity contribution in [2.24, 2.45) is 7.05 Å². The first-order valence-electron chi connectivity index (χ1n) is 10.6. The Bertz CT molecular complexity index is 1210. The van der Waals surface area contributed by atoms with E-state index in [9.17, 15) is 4.79 Å². The van der Waals surface area contributed by atoms with Crippen molar-refractivity contribution >= 4 is 5.91 Å². The van der Waals surface area contributed by atoms with Crippen LogP contribution < -0.4 is 0 Å². The van der Waals surface area contributed by atoms with Crippen LogP contribution in [0.5, 0.6) is 0 Å². The molecule has 2 aromatic carbocycles. The number of nitrogens with zero attached hydrogens (tertiary/aromatic N) is 4. The monoisotopic (exact) mass is 412 g/mol. The lowest BCUT2D eigenvalue weighted by atomic mass is 9.81. The molecule has 1 amide bonds. The van der Waals surface area contributed by atoms with Gasteiger partial charge in [-0.1, -0.05) is 66.7 Å². The molecular weight excluding hydrogens is 388 g/mol. The van der Waals surface area contributed by atoms with Gasteiger partial charge in [0.15, 0.2) is 11.5 Å². The lowest BCUT2D eigenvalue weighted by molar-refractivity contribution is 0.0631. The maximum Gasteiger partial charge on any atom is 0.276 e. The molecule has 4 aromatic rings. The third-order valence-corrected chi connectivity index (χ3v) is 6.05. The van der Waals surface area contributed by atoms with Crippen LogP contribution in [0.4, 0.5) is 0 Å². The van der Waals surface area contributed by atoms with Gasteiger partial charge in [0.05, 0.1) is 12.2 Å². The summed E-state index contributed by atoms with van der Waals surface area (Å²) < 4.78 is 7.31. The Morgan fingerprint density at radius 1 is 1.10 bits per heavy atom. The Balaban J connectivity index is 1.52. The highest BCUT2D eigenvalue weighted by molar-refractivity contribution is 5.93.